The number of piperidine rings is 1. The van der Waals surface area contributed by atoms with Crippen molar-refractivity contribution < 1.29 is 19.3 Å². The lowest BCUT2D eigenvalue weighted by Crippen LogP contribution is -2.47. The zero-order valence-corrected chi connectivity index (χ0v) is 18.6. The van der Waals surface area contributed by atoms with Crippen molar-refractivity contribution in [2.24, 2.45) is 4.99 Å². The number of methoxy groups -OCH3 is 2. The normalized spacial score (nSPS) is 16.0. The number of aliphatic hydroxyl groups is 1. The number of nitrogens with zero attached hydrogens (tertiary/aromatic N) is 2. The summed E-state index contributed by atoms with van der Waals surface area (Å²) in [5.74, 6) is 3.02. The van der Waals surface area contributed by atoms with Crippen molar-refractivity contribution in [2.45, 2.75) is 32.0 Å². The van der Waals surface area contributed by atoms with E-state index in [4.69, 9.17) is 19.2 Å². The molecule has 1 unspecified atom stereocenters. The van der Waals surface area contributed by atoms with Gasteiger partial charge in [0.05, 0.1) is 26.9 Å². The Kier molecular flexibility index (Phi) is 8.41. The first-order valence-electron chi connectivity index (χ1n) is 10.8. The van der Waals surface area contributed by atoms with E-state index in [0.717, 1.165) is 44.2 Å². The number of guanidine groups is 1. The predicted molar refractivity (Wildman–Crippen MR) is 122 cm³/mol. The summed E-state index contributed by atoms with van der Waals surface area (Å²) in [7, 11) is 3.19. The molecule has 0 saturated carbocycles. The van der Waals surface area contributed by atoms with Crippen LogP contribution in [0.5, 0.6) is 17.2 Å². The summed E-state index contributed by atoms with van der Waals surface area (Å²) in [4.78, 5) is 6.92. The number of ether oxygens (including phenoxy) is 3. The number of nitrogens with one attached hydrogen (secondary N) is 1. The quantitative estimate of drug-likeness (QED) is 0.498. The first-order chi connectivity index (χ1) is 15.1. The fourth-order valence-corrected chi connectivity index (χ4v) is 3.60. The van der Waals surface area contributed by atoms with Gasteiger partial charge in [-0.05, 0) is 36.8 Å². The third kappa shape index (κ3) is 6.52. The molecule has 0 amide bonds. The molecule has 3 rings (SSSR count). The van der Waals surface area contributed by atoms with Crippen LogP contribution in [0, 0.1) is 0 Å². The van der Waals surface area contributed by atoms with Crippen molar-refractivity contribution in [3.8, 4) is 17.2 Å². The SMILES string of the molecule is CCNC(=NCC(O)c1cc(OC)cc(OC)c1)N1CCC(Oc2ccccc2)CC1. The van der Waals surface area contributed by atoms with Gasteiger partial charge in [0.1, 0.15) is 23.4 Å². The molecule has 2 aromatic rings. The summed E-state index contributed by atoms with van der Waals surface area (Å²) >= 11 is 0. The van der Waals surface area contributed by atoms with Crippen LogP contribution in [0.1, 0.15) is 31.4 Å². The average Bonchev–Trinajstić information content (AvgIpc) is 2.82. The molecule has 1 aliphatic heterocycles. The Bertz CT molecular complexity index is 814. The number of likely N-dealkylation sites (tertiary alicyclic amines) is 1. The second kappa shape index (κ2) is 11.5. The van der Waals surface area contributed by atoms with Gasteiger partial charge in [0, 0.05) is 38.5 Å². The summed E-state index contributed by atoms with van der Waals surface area (Å²) in [6.07, 6.45) is 1.30. The van der Waals surface area contributed by atoms with Crippen molar-refractivity contribution in [1.82, 2.24) is 10.2 Å². The zero-order valence-electron chi connectivity index (χ0n) is 18.6. The molecule has 1 saturated heterocycles. The lowest BCUT2D eigenvalue weighted by molar-refractivity contribution is 0.129. The Morgan fingerprint density at radius 2 is 1.71 bits per heavy atom. The number of rotatable bonds is 8. The molecule has 0 aliphatic carbocycles. The third-order valence-electron chi connectivity index (χ3n) is 5.29. The van der Waals surface area contributed by atoms with E-state index in [1.54, 1.807) is 20.3 Å². The number of hydrogen-bond acceptors (Lipinski definition) is 5. The van der Waals surface area contributed by atoms with Gasteiger partial charge in [-0.3, -0.25) is 4.99 Å². The molecule has 0 bridgehead atoms. The number of benzene rings is 2. The van der Waals surface area contributed by atoms with Gasteiger partial charge < -0.3 is 29.5 Å². The molecule has 168 valence electrons. The van der Waals surface area contributed by atoms with Crippen LogP contribution in [0.4, 0.5) is 0 Å². The van der Waals surface area contributed by atoms with Crippen LogP contribution in [0.25, 0.3) is 0 Å². The van der Waals surface area contributed by atoms with E-state index >= 15 is 0 Å². The van der Waals surface area contributed by atoms with E-state index in [9.17, 15) is 5.11 Å². The Hall–Kier alpha value is -2.93. The molecule has 31 heavy (non-hydrogen) atoms. The van der Waals surface area contributed by atoms with Crippen molar-refractivity contribution in [3.05, 3.63) is 54.1 Å². The molecule has 1 heterocycles. The highest BCUT2D eigenvalue weighted by Gasteiger charge is 2.23. The highest BCUT2D eigenvalue weighted by Crippen LogP contribution is 2.27. The molecule has 7 heteroatoms. The summed E-state index contributed by atoms with van der Waals surface area (Å²) in [5.41, 5.74) is 0.714. The molecule has 1 fully saturated rings. The molecule has 0 aromatic heterocycles. The van der Waals surface area contributed by atoms with Crippen LogP contribution >= 0.6 is 0 Å². The highest BCUT2D eigenvalue weighted by atomic mass is 16.5. The van der Waals surface area contributed by atoms with Gasteiger partial charge in [-0.25, -0.2) is 0 Å². The number of aliphatic imine (C=N–C) groups is 1. The maximum absolute atomic E-state index is 10.7. The zero-order chi connectivity index (χ0) is 22.1. The van der Waals surface area contributed by atoms with Gasteiger partial charge in [0.2, 0.25) is 0 Å². The van der Waals surface area contributed by atoms with Crippen molar-refractivity contribution in [1.29, 1.82) is 0 Å². The molecular formula is C24H33N3O4. The first kappa shape index (κ1) is 22.7. The number of aliphatic hydroxyl groups excluding tert-OH is 1. The van der Waals surface area contributed by atoms with E-state index in [0.29, 0.717) is 17.1 Å². The minimum atomic E-state index is -0.753. The summed E-state index contributed by atoms with van der Waals surface area (Å²) in [5, 5.41) is 14.0. The molecule has 1 atom stereocenters. The number of para-hydroxylation sites is 1. The topological polar surface area (TPSA) is 75.6 Å². The number of hydrogen-bond donors (Lipinski definition) is 2. The van der Waals surface area contributed by atoms with Crippen LogP contribution in [0.15, 0.2) is 53.5 Å². The smallest absolute Gasteiger partial charge is 0.194 e. The second-order valence-electron chi connectivity index (χ2n) is 7.47. The highest BCUT2D eigenvalue weighted by molar-refractivity contribution is 5.80. The van der Waals surface area contributed by atoms with E-state index in [-0.39, 0.29) is 12.6 Å². The summed E-state index contributed by atoms with van der Waals surface area (Å²) in [6.45, 7) is 4.77. The van der Waals surface area contributed by atoms with Crippen LogP contribution in [0.3, 0.4) is 0 Å². The van der Waals surface area contributed by atoms with Gasteiger partial charge in [-0.1, -0.05) is 18.2 Å². The fraction of sp³-hybridized carbons (Fsp3) is 0.458. The van der Waals surface area contributed by atoms with Crippen LogP contribution < -0.4 is 19.5 Å². The van der Waals surface area contributed by atoms with E-state index < -0.39 is 6.10 Å². The lowest BCUT2D eigenvalue weighted by atomic mass is 10.1. The van der Waals surface area contributed by atoms with Crippen LogP contribution in [-0.4, -0.2) is 62.5 Å². The Morgan fingerprint density at radius 1 is 1.06 bits per heavy atom. The maximum atomic E-state index is 10.7. The predicted octanol–water partition coefficient (Wildman–Crippen LogP) is 3.25. The Balaban J connectivity index is 1.60. The molecular weight excluding hydrogens is 394 g/mol. The molecule has 0 radical (unpaired) electrons. The first-order valence-corrected chi connectivity index (χ1v) is 10.8. The minimum Gasteiger partial charge on any atom is -0.497 e. The Morgan fingerprint density at radius 3 is 2.29 bits per heavy atom. The van der Waals surface area contributed by atoms with Gasteiger partial charge in [-0.2, -0.15) is 0 Å². The third-order valence-corrected chi connectivity index (χ3v) is 5.29. The lowest BCUT2D eigenvalue weighted by Gasteiger charge is -2.34. The second-order valence-corrected chi connectivity index (χ2v) is 7.47. The molecule has 0 spiro atoms. The van der Waals surface area contributed by atoms with Gasteiger partial charge >= 0.3 is 0 Å². The average molecular weight is 428 g/mol. The molecule has 2 aromatic carbocycles. The largest absolute Gasteiger partial charge is 0.497 e. The monoisotopic (exact) mass is 427 g/mol. The standard InChI is InChI=1S/C24H33N3O4/c1-4-25-24(26-17-23(28)18-14-21(29-2)16-22(15-18)30-3)27-12-10-20(11-13-27)31-19-8-6-5-7-9-19/h5-9,14-16,20,23,28H,4,10-13,17H2,1-3H3,(H,25,26). The molecule has 1 aliphatic rings. The Labute approximate surface area is 184 Å². The summed E-state index contributed by atoms with van der Waals surface area (Å²) in [6, 6.07) is 15.4. The van der Waals surface area contributed by atoms with Crippen molar-refractivity contribution in [2.75, 3.05) is 40.4 Å². The van der Waals surface area contributed by atoms with Crippen molar-refractivity contribution >= 4 is 5.96 Å². The van der Waals surface area contributed by atoms with E-state index in [1.807, 2.05) is 49.4 Å². The van der Waals surface area contributed by atoms with Crippen molar-refractivity contribution in [3.63, 3.8) is 0 Å². The summed E-state index contributed by atoms with van der Waals surface area (Å²) < 4.78 is 16.7. The van der Waals surface area contributed by atoms with E-state index in [2.05, 4.69) is 10.2 Å². The van der Waals surface area contributed by atoms with Gasteiger partial charge in [0.25, 0.3) is 0 Å². The molecule has 7 nitrogen and oxygen atoms in total. The van der Waals surface area contributed by atoms with Crippen LogP contribution in [0.2, 0.25) is 0 Å². The molecule has 2 N–H and O–H groups in total. The maximum Gasteiger partial charge on any atom is 0.194 e. The fourth-order valence-electron chi connectivity index (χ4n) is 3.60. The van der Waals surface area contributed by atoms with Crippen LogP contribution in [-0.2, 0) is 0 Å². The minimum absolute atomic E-state index is 0.205. The van der Waals surface area contributed by atoms with Gasteiger partial charge in [0.15, 0.2) is 5.96 Å². The van der Waals surface area contributed by atoms with Gasteiger partial charge in [-0.15, -0.1) is 0 Å². The van der Waals surface area contributed by atoms with E-state index in [1.165, 1.54) is 0 Å².